The fourth-order valence-electron chi connectivity index (χ4n) is 2.38. The fraction of sp³-hybridized carbons (Fsp3) is 0. The third-order valence-corrected chi connectivity index (χ3v) is 3.37. The van der Waals surface area contributed by atoms with Crippen LogP contribution in [-0.2, 0) is 0 Å². The van der Waals surface area contributed by atoms with Crippen LogP contribution in [0.15, 0.2) is 58.6 Å². The van der Waals surface area contributed by atoms with Crippen LogP contribution in [0, 0.1) is 0 Å². The van der Waals surface area contributed by atoms with Gasteiger partial charge in [0.05, 0.1) is 28.8 Å². The van der Waals surface area contributed by atoms with Gasteiger partial charge in [-0.1, -0.05) is 18.2 Å². The maximum absolute atomic E-state index is 12.0. The van der Waals surface area contributed by atoms with Crippen molar-refractivity contribution in [2.24, 2.45) is 4.99 Å². The maximum Gasteiger partial charge on any atom is 0.258 e. The first-order valence-electron chi connectivity index (χ1n) is 6.49. The largest absolute Gasteiger partial charge is 0.336 e. The molecule has 1 aliphatic rings. The Morgan fingerprint density at radius 2 is 1.86 bits per heavy atom. The SMILES string of the molecule is O=c1[nH]cccc1C1=Nc2ccccc2-c2[nH]ncc2N1. The molecule has 3 heterocycles. The standard InChI is InChI=1S/C15H11N5O/c21-15-10(5-3-7-16-15)14-18-11-6-2-1-4-9(11)13-12(19-14)8-17-20-13/h1-8H,(H,16,21)(H,17,20)(H,18,19). The number of benzene rings is 1. The summed E-state index contributed by atoms with van der Waals surface area (Å²) in [5.74, 6) is 0.504. The van der Waals surface area contributed by atoms with Gasteiger partial charge in [0, 0.05) is 11.8 Å². The molecule has 0 amide bonds. The van der Waals surface area contributed by atoms with Crippen LogP contribution in [0.2, 0.25) is 0 Å². The van der Waals surface area contributed by atoms with E-state index >= 15 is 0 Å². The minimum Gasteiger partial charge on any atom is -0.336 e. The molecule has 0 bridgehead atoms. The van der Waals surface area contributed by atoms with E-state index in [1.807, 2.05) is 24.3 Å². The van der Waals surface area contributed by atoms with Crippen molar-refractivity contribution in [1.29, 1.82) is 0 Å². The minimum absolute atomic E-state index is 0.187. The number of aliphatic imine (C=N–C) groups is 1. The quantitative estimate of drug-likeness (QED) is 0.637. The van der Waals surface area contributed by atoms with Gasteiger partial charge in [-0.3, -0.25) is 9.89 Å². The Labute approximate surface area is 119 Å². The number of rotatable bonds is 1. The molecule has 6 heteroatoms. The van der Waals surface area contributed by atoms with Crippen LogP contribution in [0.1, 0.15) is 5.56 Å². The highest BCUT2D eigenvalue weighted by molar-refractivity contribution is 6.12. The van der Waals surface area contributed by atoms with Crippen LogP contribution in [-0.4, -0.2) is 21.0 Å². The summed E-state index contributed by atoms with van der Waals surface area (Å²) in [6, 6.07) is 11.2. The van der Waals surface area contributed by atoms with Gasteiger partial charge < -0.3 is 10.3 Å². The number of para-hydroxylation sites is 1. The number of H-pyrrole nitrogens is 2. The van der Waals surface area contributed by atoms with Crippen molar-refractivity contribution in [3.8, 4) is 11.3 Å². The lowest BCUT2D eigenvalue weighted by Gasteiger charge is -2.05. The molecule has 0 radical (unpaired) electrons. The van der Waals surface area contributed by atoms with E-state index in [1.165, 1.54) is 0 Å². The normalized spacial score (nSPS) is 12.7. The molecular formula is C15H11N5O. The predicted molar refractivity (Wildman–Crippen MR) is 80.9 cm³/mol. The van der Waals surface area contributed by atoms with Crippen molar-refractivity contribution < 1.29 is 0 Å². The number of anilines is 1. The first kappa shape index (κ1) is 11.7. The van der Waals surface area contributed by atoms with Crippen LogP contribution in [0.3, 0.4) is 0 Å². The van der Waals surface area contributed by atoms with Crippen molar-refractivity contribution >= 4 is 17.2 Å². The summed E-state index contributed by atoms with van der Waals surface area (Å²) < 4.78 is 0. The van der Waals surface area contributed by atoms with E-state index in [0.717, 1.165) is 22.6 Å². The number of hydrogen-bond donors (Lipinski definition) is 3. The van der Waals surface area contributed by atoms with Crippen LogP contribution < -0.4 is 10.9 Å². The average Bonchev–Trinajstić information content (AvgIpc) is 2.90. The van der Waals surface area contributed by atoms with Crippen LogP contribution in [0.5, 0.6) is 0 Å². The second-order valence-corrected chi connectivity index (χ2v) is 4.67. The second-order valence-electron chi connectivity index (χ2n) is 4.67. The summed E-state index contributed by atoms with van der Waals surface area (Å²) >= 11 is 0. The molecule has 6 nitrogen and oxygen atoms in total. The van der Waals surface area contributed by atoms with Gasteiger partial charge in [0.1, 0.15) is 5.84 Å². The van der Waals surface area contributed by atoms with Gasteiger partial charge in [-0.15, -0.1) is 0 Å². The van der Waals surface area contributed by atoms with Gasteiger partial charge in [-0.2, -0.15) is 5.10 Å². The number of nitrogens with zero attached hydrogens (tertiary/aromatic N) is 2. The zero-order valence-electron chi connectivity index (χ0n) is 10.9. The van der Waals surface area contributed by atoms with Gasteiger partial charge in [-0.05, 0) is 18.2 Å². The van der Waals surface area contributed by atoms with Crippen LogP contribution in [0.4, 0.5) is 11.4 Å². The van der Waals surface area contributed by atoms with Gasteiger partial charge in [0.15, 0.2) is 0 Å². The van der Waals surface area contributed by atoms with Gasteiger partial charge in [-0.25, -0.2) is 4.99 Å². The number of fused-ring (bicyclic) bond motifs is 3. The van der Waals surface area contributed by atoms with Gasteiger partial charge in [0.2, 0.25) is 0 Å². The highest BCUT2D eigenvalue weighted by Crippen LogP contribution is 2.36. The molecule has 1 aromatic carbocycles. The topological polar surface area (TPSA) is 85.9 Å². The van der Waals surface area contributed by atoms with E-state index in [-0.39, 0.29) is 5.56 Å². The molecule has 0 atom stereocenters. The third-order valence-electron chi connectivity index (χ3n) is 3.37. The monoisotopic (exact) mass is 277 g/mol. The zero-order chi connectivity index (χ0) is 14.2. The van der Waals surface area contributed by atoms with Crippen LogP contribution in [0.25, 0.3) is 11.3 Å². The molecule has 4 rings (SSSR count). The maximum atomic E-state index is 12.0. The summed E-state index contributed by atoms with van der Waals surface area (Å²) in [6.45, 7) is 0. The molecule has 3 N–H and O–H groups in total. The van der Waals surface area contributed by atoms with Crippen molar-refractivity contribution in [3.05, 3.63) is 64.7 Å². The highest BCUT2D eigenvalue weighted by Gasteiger charge is 2.19. The number of hydrogen-bond acceptors (Lipinski definition) is 4. The Kier molecular flexibility index (Phi) is 2.47. The number of aromatic nitrogens is 3. The Morgan fingerprint density at radius 1 is 1.00 bits per heavy atom. The summed E-state index contributed by atoms with van der Waals surface area (Å²) in [7, 11) is 0. The Hall–Kier alpha value is -3.15. The molecule has 0 unspecified atom stereocenters. The Bertz CT molecular complexity index is 906. The molecule has 3 aromatic rings. The average molecular weight is 277 g/mol. The number of nitrogens with one attached hydrogen (secondary N) is 3. The number of amidine groups is 1. The lowest BCUT2D eigenvalue weighted by atomic mass is 10.1. The highest BCUT2D eigenvalue weighted by atomic mass is 16.1. The third kappa shape index (κ3) is 1.85. The molecule has 0 aliphatic carbocycles. The van der Waals surface area contributed by atoms with E-state index in [1.54, 1.807) is 24.5 Å². The Balaban J connectivity index is 1.99. The van der Waals surface area contributed by atoms with E-state index in [4.69, 9.17) is 0 Å². The molecule has 0 saturated heterocycles. The summed E-state index contributed by atoms with van der Waals surface area (Å²) in [4.78, 5) is 19.2. The van der Waals surface area contributed by atoms with Crippen LogP contribution >= 0.6 is 0 Å². The Morgan fingerprint density at radius 3 is 2.76 bits per heavy atom. The van der Waals surface area contributed by atoms with Crippen molar-refractivity contribution in [1.82, 2.24) is 15.2 Å². The van der Waals surface area contributed by atoms with Crippen molar-refractivity contribution in [2.45, 2.75) is 0 Å². The van der Waals surface area contributed by atoms with Gasteiger partial charge in [0.25, 0.3) is 5.56 Å². The van der Waals surface area contributed by atoms with Gasteiger partial charge >= 0.3 is 0 Å². The number of pyridine rings is 1. The zero-order valence-corrected chi connectivity index (χ0v) is 10.9. The second kappa shape index (κ2) is 4.45. The van der Waals surface area contributed by atoms with E-state index in [2.05, 4.69) is 25.5 Å². The first-order chi connectivity index (χ1) is 10.3. The van der Waals surface area contributed by atoms with E-state index < -0.39 is 0 Å². The molecule has 102 valence electrons. The molecule has 0 spiro atoms. The molecule has 0 saturated carbocycles. The minimum atomic E-state index is -0.187. The summed E-state index contributed by atoms with van der Waals surface area (Å²) in [5, 5.41) is 10.2. The molecule has 2 aromatic heterocycles. The molecule has 21 heavy (non-hydrogen) atoms. The van der Waals surface area contributed by atoms with Crippen molar-refractivity contribution in [3.63, 3.8) is 0 Å². The number of aromatic amines is 2. The molecule has 0 fully saturated rings. The lowest BCUT2D eigenvalue weighted by molar-refractivity contribution is 1.09. The van der Waals surface area contributed by atoms with E-state index in [9.17, 15) is 4.79 Å². The predicted octanol–water partition coefficient (Wildman–Crippen LogP) is 2.27. The summed E-state index contributed by atoms with van der Waals surface area (Å²) in [5.41, 5.74) is 3.68. The van der Waals surface area contributed by atoms with Crippen molar-refractivity contribution in [2.75, 3.05) is 5.32 Å². The lowest BCUT2D eigenvalue weighted by Crippen LogP contribution is -2.23. The fourth-order valence-corrected chi connectivity index (χ4v) is 2.38. The molecular weight excluding hydrogens is 266 g/mol. The molecule has 1 aliphatic heterocycles. The smallest absolute Gasteiger partial charge is 0.258 e. The first-order valence-corrected chi connectivity index (χ1v) is 6.49. The summed E-state index contributed by atoms with van der Waals surface area (Å²) in [6.07, 6.45) is 3.28. The van der Waals surface area contributed by atoms with E-state index in [0.29, 0.717) is 11.4 Å².